The summed E-state index contributed by atoms with van der Waals surface area (Å²) >= 11 is 0.667. The predicted molar refractivity (Wildman–Crippen MR) is 72.8 cm³/mol. The SMILES string of the molecule is CCS(=O)(=O)c1c(N)nsc1N(CC(F)(F)F)C(C)C. The fraction of sp³-hybridized carbons (Fsp3) is 0.700. The molecule has 0 radical (unpaired) electrons. The Kier molecular flexibility index (Phi) is 4.90. The van der Waals surface area contributed by atoms with Gasteiger partial charge in [-0.05, 0) is 25.4 Å². The third-order valence-electron chi connectivity index (χ3n) is 2.58. The Hall–Kier alpha value is -1.03. The van der Waals surface area contributed by atoms with E-state index >= 15 is 0 Å². The third kappa shape index (κ3) is 3.75. The number of nitrogens with zero attached hydrogens (tertiary/aromatic N) is 2. The largest absolute Gasteiger partial charge is 0.405 e. The smallest absolute Gasteiger partial charge is 0.382 e. The molecule has 0 saturated heterocycles. The van der Waals surface area contributed by atoms with E-state index in [2.05, 4.69) is 4.37 Å². The average molecular weight is 331 g/mol. The number of anilines is 2. The van der Waals surface area contributed by atoms with Gasteiger partial charge in [-0.2, -0.15) is 17.5 Å². The van der Waals surface area contributed by atoms with Crippen LogP contribution in [0.3, 0.4) is 0 Å². The van der Waals surface area contributed by atoms with Gasteiger partial charge in [0.1, 0.15) is 16.4 Å². The average Bonchev–Trinajstić information content (AvgIpc) is 2.67. The number of halogens is 3. The molecule has 1 aromatic heterocycles. The summed E-state index contributed by atoms with van der Waals surface area (Å²) in [4.78, 5) is 0.652. The van der Waals surface area contributed by atoms with Gasteiger partial charge >= 0.3 is 6.18 Å². The standard InChI is InChI=1S/C10H16F3N3O2S2/c1-4-20(17,18)7-8(14)15-19-9(7)16(6(2)3)5-10(11,12)13/h6H,4-5H2,1-3H3,(H2,14,15). The molecule has 116 valence electrons. The highest BCUT2D eigenvalue weighted by molar-refractivity contribution is 7.91. The van der Waals surface area contributed by atoms with E-state index in [0.717, 1.165) is 4.90 Å². The maximum Gasteiger partial charge on any atom is 0.405 e. The van der Waals surface area contributed by atoms with E-state index in [9.17, 15) is 21.6 Å². The second-order valence-corrected chi connectivity index (χ2v) is 7.41. The van der Waals surface area contributed by atoms with E-state index in [1.54, 1.807) is 13.8 Å². The number of nitrogen functional groups attached to an aromatic ring is 1. The zero-order valence-electron chi connectivity index (χ0n) is 11.2. The number of alkyl halides is 3. The van der Waals surface area contributed by atoms with Gasteiger partial charge in [-0.25, -0.2) is 8.42 Å². The van der Waals surface area contributed by atoms with Gasteiger partial charge < -0.3 is 10.6 Å². The minimum absolute atomic E-state index is 0.0586. The second-order valence-electron chi connectivity index (χ2n) is 4.44. The summed E-state index contributed by atoms with van der Waals surface area (Å²) in [6.07, 6.45) is -4.45. The zero-order chi connectivity index (χ0) is 15.7. The molecule has 1 heterocycles. The van der Waals surface area contributed by atoms with Gasteiger partial charge in [-0.15, -0.1) is 0 Å². The summed E-state index contributed by atoms with van der Waals surface area (Å²) in [5.41, 5.74) is 5.52. The predicted octanol–water partition coefficient (Wildman–Crippen LogP) is 2.30. The Morgan fingerprint density at radius 2 is 1.95 bits per heavy atom. The lowest BCUT2D eigenvalue weighted by atomic mass is 10.3. The molecule has 0 aliphatic heterocycles. The van der Waals surface area contributed by atoms with Crippen molar-refractivity contribution in [3.63, 3.8) is 0 Å². The number of rotatable bonds is 5. The Labute approximate surface area is 119 Å². The molecule has 1 rings (SSSR count). The maximum atomic E-state index is 12.6. The molecule has 0 saturated carbocycles. The number of aromatic nitrogens is 1. The van der Waals surface area contributed by atoms with Crippen LogP contribution in [-0.4, -0.2) is 37.3 Å². The van der Waals surface area contributed by atoms with Crippen LogP contribution in [0.2, 0.25) is 0 Å². The van der Waals surface area contributed by atoms with Crippen molar-refractivity contribution in [1.29, 1.82) is 0 Å². The van der Waals surface area contributed by atoms with Gasteiger partial charge in [0.25, 0.3) is 0 Å². The summed E-state index contributed by atoms with van der Waals surface area (Å²) in [7, 11) is -3.74. The van der Waals surface area contributed by atoms with Gasteiger partial charge in [-0.1, -0.05) is 6.92 Å². The molecular weight excluding hydrogens is 315 g/mol. The van der Waals surface area contributed by atoms with Crippen LogP contribution >= 0.6 is 11.5 Å². The van der Waals surface area contributed by atoms with E-state index in [1.165, 1.54) is 6.92 Å². The Balaban J connectivity index is 3.37. The van der Waals surface area contributed by atoms with Crippen LogP contribution in [0.15, 0.2) is 4.90 Å². The summed E-state index contributed by atoms with van der Waals surface area (Å²) in [5, 5.41) is -0.0586. The van der Waals surface area contributed by atoms with E-state index in [-0.39, 0.29) is 21.5 Å². The van der Waals surface area contributed by atoms with Crippen LogP contribution in [0.5, 0.6) is 0 Å². The first-order chi connectivity index (χ1) is 8.99. The first-order valence-electron chi connectivity index (χ1n) is 5.81. The van der Waals surface area contributed by atoms with Crippen molar-refractivity contribution in [2.24, 2.45) is 0 Å². The minimum atomic E-state index is -4.45. The molecule has 2 N–H and O–H groups in total. The van der Waals surface area contributed by atoms with Crippen LogP contribution < -0.4 is 10.6 Å². The van der Waals surface area contributed by atoms with E-state index in [1.807, 2.05) is 0 Å². The van der Waals surface area contributed by atoms with Crippen molar-refractivity contribution < 1.29 is 21.6 Å². The van der Waals surface area contributed by atoms with Gasteiger partial charge in [0.15, 0.2) is 15.7 Å². The minimum Gasteiger partial charge on any atom is -0.382 e. The van der Waals surface area contributed by atoms with Crippen LogP contribution in [0, 0.1) is 0 Å². The van der Waals surface area contributed by atoms with E-state index in [0.29, 0.717) is 11.5 Å². The van der Waals surface area contributed by atoms with Crippen molar-refractivity contribution in [2.75, 3.05) is 22.9 Å². The Bertz CT molecular complexity index is 567. The molecule has 0 amide bonds. The number of sulfone groups is 1. The first kappa shape index (κ1) is 17.0. The molecule has 0 aromatic carbocycles. The van der Waals surface area contributed by atoms with E-state index in [4.69, 9.17) is 5.73 Å². The maximum absolute atomic E-state index is 12.6. The molecule has 0 aliphatic carbocycles. The normalized spacial score (nSPS) is 12.9. The molecule has 5 nitrogen and oxygen atoms in total. The van der Waals surface area contributed by atoms with E-state index < -0.39 is 28.6 Å². The zero-order valence-corrected chi connectivity index (χ0v) is 12.9. The molecule has 0 atom stereocenters. The van der Waals surface area contributed by atoms with Crippen molar-refractivity contribution >= 4 is 32.2 Å². The molecule has 1 aromatic rings. The fourth-order valence-corrected chi connectivity index (χ4v) is 4.02. The topological polar surface area (TPSA) is 76.3 Å². The summed E-state index contributed by atoms with van der Waals surface area (Å²) < 4.78 is 65.5. The second kappa shape index (κ2) is 5.76. The highest BCUT2D eigenvalue weighted by Gasteiger charge is 2.36. The summed E-state index contributed by atoms with van der Waals surface area (Å²) in [5.74, 6) is -0.500. The summed E-state index contributed by atoms with van der Waals surface area (Å²) in [6.45, 7) is 3.24. The van der Waals surface area contributed by atoms with Gasteiger partial charge in [0.05, 0.1) is 5.75 Å². The highest BCUT2D eigenvalue weighted by Crippen LogP contribution is 2.37. The first-order valence-corrected chi connectivity index (χ1v) is 8.23. The molecule has 10 heteroatoms. The van der Waals surface area contributed by atoms with Gasteiger partial charge in [0.2, 0.25) is 0 Å². The van der Waals surface area contributed by atoms with Crippen LogP contribution in [0.25, 0.3) is 0 Å². The van der Waals surface area contributed by atoms with Crippen molar-refractivity contribution in [3.8, 4) is 0 Å². The fourth-order valence-electron chi connectivity index (χ4n) is 1.59. The summed E-state index contributed by atoms with van der Waals surface area (Å²) in [6, 6.07) is -0.540. The molecule has 0 aliphatic rings. The number of hydrogen-bond acceptors (Lipinski definition) is 6. The monoisotopic (exact) mass is 331 g/mol. The van der Waals surface area contributed by atoms with Crippen molar-refractivity contribution in [3.05, 3.63) is 0 Å². The molecular formula is C10H16F3N3O2S2. The molecule has 0 bridgehead atoms. The molecule has 0 fully saturated rings. The Morgan fingerprint density at radius 1 is 1.40 bits per heavy atom. The third-order valence-corrected chi connectivity index (χ3v) is 5.40. The quantitative estimate of drug-likeness (QED) is 0.896. The lowest BCUT2D eigenvalue weighted by Crippen LogP contribution is -2.39. The highest BCUT2D eigenvalue weighted by atomic mass is 32.2. The van der Waals surface area contributed by atoms with Crippen molar-refractivity contribution in [1.82, 2.24) is 4.37 Å². The number of hydrogen-bond donors (Lipinski definition) is 1. The molecule has 0 unspecified atom stereocenters. The lowest BCUT2D eigenvalue weighted by molar-refractivity contribution is -0.120. The number of nitrogens with two attached hydrogens (primary N) is 1. The van der Waals surface area contributed by atoms with Gasteiger partial charge in [0, 0.05) is 6.04 Å². The molecule has 20 heavy (non-hydrogen) atoms. The van der Waals surface area contributed by atoms with Crippen molar-refractivity contribution in [2.45, 2.75) is 37.9 Å². The van der Waals surface area contributed by atoms with Crippen LogP contribution in [0.1, 0.15) is 20.8 Å². The van der Waals surface area contributed by atoms with Crippen LogP contribution in [-0.2, 0) is 9.84 Å². The van der Waals surface area contributed by atoms with Crippen LogP contribution in [0.4, 0.5) is 24.0 Å². The van der Waals surface area contributed by atoms with Gasteiger partial charge in [-0.3, -0.25) is 0 Å². The molecule has 0 spiro atoms. The Morgan fingerprint density at radius 3 is 2.35 bits per heavy atom. The lowest BCUT2D eigenvalue weighted by Gasteiger charge is -2.28.